The van der Waals surface area contributed by atoms with Gasteiger partial charge in [-0.3, -0.25) is 4.79 Å². The Morgan fingerprint density at radius 1 is 1.23 bits per heavy atom. The molecular weight excluding hydrogens is 346 g/mol. The molecule has 0 radical (unpaired) electrons. The minimum absolute atomic E-state index is 0.0555. The number of rotatable bonds is 9. The van der Waals surface area contributed by atoms with Crippen LogP contribution in [0.1, 0.15) is 70.4 Å². The van der Waals surface area contributed by atoms with Crippen molar-refractivity contribution >= 4 is 22.4 Å². The molecule has 0 aliphatic heterocycles. The molecule has 2 rings (SSSR count). The summed E-state index contributed by atoms with van der Waals surface area (Å²) in [5.41, 5.74) is 1.49. The van der Waals surface area contributed by atoms with Gasteiger partial charge in [0.2, 0.25) is 11.0 Å². The molecule has 0 saturated heterocycles. The van der Waals surface area contributed by atoms with Crippen LogP contribution in [0.2, 0.25) is 0 Å². The second-order valence-electron chi connectivity index (χ2n) is 7.36. The Bertz CT molecular complexity index is 708. The number of carbonyl (C=O) groups is 1. The van der Waals surface area contributed by atoms with Crippen LogP contribution in [-0.4, -0.2) is 22.7 Å². The van der Waals surface area contributed by atoms with Crippen molar-refractivity contribution in [2.75, 3.05) is 11.9 Å². The third-order valence-electron chi connectivity index (χ3n) is 4.52. The zero-order valence-electron chi connectivity index (χ0n) is 16.3. The highest BCUT2D eigenvalue weighted by Crippen LogP contribution is 2.28. The largest absolute Gasteiger partial charge is 0.494 e. The smallest absolute Gasteiger partial charge is 0.226 e. The lowest BCUT2D eigenvalue weighted by Crippen LogP contribution is -2.15. The van der Waals surface area contributed by atoms with Gasteiger partial charge in [-0.1, -0.05) is 58.1 Å². The average Bonchev–Trinajstić information content (AvgIpc) is 3.08. The molecule has 0 spiro atoms. The van der Waals surface area contributed by atoms with Gasteiger partial charge in [0, 0.05) is 12.3 Å². The quantitative estimate of drug-likeness (QED) is 0.616. The van der Waals surface area contributed by atoms with Gasteiger partial charge in [0.1, 0.15) is 10.8 Å². The number of hydrogen-bond donors (Lipinski definition) is 1. The van der Waals surface area contributed by atoms with Crippen molar-refractivity contribution in [2.45, 2.75) is 65.2 Å². The Hall–Kier alpha value is -1.95. The topological polar surface area (TPSA) is 64.1 Å². The molecule has 26 heavy (non-hydrogen) atoms. The summed E-state index contributed by atoms with van der Waals surface area (Å²) in [4.78, 5) is 12.0. The summed E-state index contributed by atoms with van der Waals surface area (Å²) >= 11 is 1.42. The van der Waals surface area contributed by atoms with Crippen molar-refractivity contribution in [1.82, 2.24) is 10.2 Å². The second kappa shape index (κ2) is 9.12. The summed E-state index contributed by atoms with van der Waals surface area (Å²) in [7, 11) is 0. The minimum Gasteiger partial charge on any atom is -0.494 e. The average molecular weight is 376 g/mol. The fourth-order valence-electron chi connectivity index (χ4n) is 2.33. The maximum atomic E-state index is 12.0. The van der Waals surface area contributed by atoms with Crippen molar-refractivity contribution in [3.63, 3.8) is 0 Å². The van der Waals surface area contributed by atoms with Gasteiger partial charge in [0.25, 0.3) is 0 Å². The van der Waals surface area contributed by atoms with E-state index in [4.69, 9.17) is 4.74 Å². The summed E-state index contributed by atoms with van der Waals surface area (Å²) in [5, 5.41) is 12.3. The van der Waals surface area contributed by atoms with Crippen LogP contribution in [0.3, 0.4) is 0 Å². The van der Waals surface area contributed by atoms with E-state index in [9.17, 15) is 4.79 Å². The number of aromatic nitrogens is 2. The Balaban J connectivity index is 1.71. The van der Waals surface area contributed by atoms with Crippen LogP contribution >= 0.6 is 11.3 Å². The Kier molecular flexibility index (Phi) is 7.14. The number of ether oxygens (including phenoxy) is 1. The molecule has 6 heteroatoms. The maximum Gasteiger partial charge on any atom is 0.226 e. The molecule has 1 amide bonds. The molecule has 1 heterocycles. The summed E-state index contributed by atoms with van der Waals surface area (Å²) in [6, 6.07) is 8.24. The van der Waals surface area contributed by atoms with E-state index in [1.54, 1.807) is 0 Å². The molecule has 1 aromatic carbocycles. The monoisotopic (exact) mass is 375 g/mol. The first-order valence-corrected chi connectivity index (χ1v) is 10.00. The Labute approximate surface area is 160 Å². The summed E-state index contributed by atoms with van der Waals surface area (Å²) in [5.74, 6) is 1.10. The SMILES string of the molecule is CCC(C)(C)c1ccc(OCCCC(=O)Nc2nnc(C(C)C)s2)cc1. The van der Waals surface area contributed by atoms with Gasteiger partial charge in [-0.2, -0.15) is 0 Å². The van der Waals surface area contributed by atoms with Gasteiger partial charge in [-0.15, -0.1) is 10.2 Å². The fourth-order valence-corrected chi connectivity index (χ4v) is 3.09. The molecule has 0 saturated carbocycles. The van der Waals surface area contributed by atoms with Crippen LogP contribution < -0.4 is 10.1 Å². The van der Waals surface area contributed by atoms with E-state index in [0.717, 1.165) is 17.2 Å². The first kappa shape index (κ1) is 20.4. The van der Waals surface area contributed by atoms with Crippen LogP contribution in [0.5, 0.6) is 5.75 Å². The van der Waals surface area contributed by atoms with Crippen LogP contribution in [0.4, 0.5) is 5.13 Å². The van der Waals surface area contributed by atoms with Gasteiger partial charge in [0.15, 0.2) is 0 Å². The highest BCUT2D eigenvalue weighted by atomic mass is 32.1. The van der Waals surface area contributed by atoms with E-state index in [1.165, 1.54) is 16.9 Å². The van der Waals surface area contributed by atoms with Crippen molar-refractivity contribution in [3.8, 4) is 5.75 Å². The molecule has 0 unspecified atom stereocenters. The Morgan fingerprint density at radius 2 is 1.92 bits per heavy atom. The zero-order valence-corrected chi connectivity index (χ0v) is 17.2. The molecule has 5 nitrogen and oxygen atoms in total. The number of nitrogens with one attached hydrogen (secondary N) is 1. The molecule has 0 aliphatic carbocycles. The van der Waals surface area contributed by atoms with Gasteiger partial charge < -0.3 is 10.1 Å². The number of anilines is 1. The third kappa shape index (κ3) is 5.80. The van der Waals surface area contributed by atoms with E-state index in [-0.39, 0.29) is 11.3 Å². The number of carbonyl (C=O) groups excluding carboxylic acids is 1. The highest BCUT2D eigenvalue weighted by molar-refractivity contribution is 7.15. The van der Waals surface area contributed by atoms with Crippen molar-refractivity contribution < 1.29 is 9.53 Å². The van der Waals surface area contributed by atoms with Gasteiger partial charge >= 0.3 is 0 Å². The van der Waals surface area contributed by atoms with Gasteiger partial charge in [-0.05, 0) is 36.0 Å². The third-order valence-corrected chi connectivity index (χ3v) is 5.66. The molecule has 2 aromatic rings. The lowest BCUT2D eigenvalue weighted by Gasteiger charge is -2.23. The summed E-state index contributed by atoms with van der Waals surface area (Å²) in [6.45, 7) is 11.3. The lowest BCUT2D eigenvalue weighted by molar-refractivity contribution is -0.116. The fraction of sp³-hybridized carbons (Fsp3) is 0.550. The first-order valence-electron chi connectivity index (χ1n) is 9.18. The van der Waals surface area contributed by atoms with E-state index in [2.05, 4.69) is 62.3 Å². The molecule has 0 bridgehead atoms. The molecule has 1 N–H and O–H groups in total. The number of benzene rings is 1. The highest BCUT2D eigenvalue weighted by Gasteiger charge is 2.17. The van der Waals surface area contributed by atoms with Crippen LogP contribution in [0, 0.1) is 0 Å². The zero-order chi connectivity index (χ0) is 19.2. The Morgan fingerprint density at radius 3 is 2.50 bits per heavy atom. The minimum atomic E-state index is -0.0555. The van der Waals surface area contributed by atoms with Crippen molar-refractivity contribution in [1.29, 1.82) is 0 Å². The molecule has 0 fully saturated rings. The van der Waals surface area contributed by atoms with Gasteiger partial charge in [0.05, 0.1) is 6.61 Å². The number of hydrogen-bond acceptors (Lipinski definition) is 5. The van der Waals surface area contributed by atoms with E-state index < -0.39 is 0 Å². The number of amides is 1. The molecule has 1 aromatic heterocycles. The maximum absolute atomic E-state index is 12.0. The number of nitrogens with zero attached hydrogens (tertiary/aromatic N) is 2. The standard InChI is InChI=1S/C20H29N3O2S/c1-6-20(4,5)15-9-11-16(12-10-15)25-13-7-8-17(24)21-19-23-22-18(26-19)14(2)3/h9-12,14H,6-8,13H2,1-5H3,(H,21,23,24). The van der Waals surface area contributed by atoms with E-state index in [1.807, 2.05) is 12.1 Å². The van der Waals surface area contributed by atoms with Crippen molar-refractivity contribution in [3.05, 3.63) is 34.8 Å². The lowest BCUT2D eigenvalue weighted by atomic mass is 9.82. The van der Waals surface area contributed by atoms with Crippen molar-refractivity contribution in [2.24, 2.45) is 0 Å². The van der Waals surface area contributed by atoms with Crippen LogP contribution in [0.25, 0.3) is 0 Å². The van der Waals surface area contributed by atoms with Crippen LogP contribution in [-0.2, 0) is 10.2 Å². The van der Waals surface area contributed by atoms with Gasteiger partial charge in [-0.25, -0.2) is 0 Å². The predicted octanol–water partition coefficient (Wildman–Crippen LogP) is 5.15. The second-order valence-corrected chi connectivity index (χ2v) is 8.37. The van der Waals surface area contributed by atoms with Crippen LogP contribution in [0.15, 0.2) is 24.3 Å². The van der Waals surface area contributed by atoms with E-state index >= 15 is 0 Å². The molecule has 0 aliphatic rings. The summed E-state index contributed by atoms with van der Waals surface area (Å²) in [6.07, 6.45) is 2.15. The predicted molar refractivity (Wildman–Crippen MR) is 107 cm³/mol. The molecule has 142 valence electrons. The first-order chi connectivity index (χ1) is 12.3. The summed E-state index contributed by atoms with van der Waals surface area (Å²) < 4.78 is 5.74. The normalized spacial score (nSPS) is 11.6. The van der Waals surface area contributed by atoms with E-state index in [0.29, 0.717) is 30.5 Å². The molecule has 0 atom stereocenters. The molecular formula is C20H29N3O2S.